The number of aromatic carboxylic acids is 1. The molecule has 0 spiro atoms. The van der Waals surface area contributed by atoms with E-state index in [1.54, 1.807) is 5.32 Å². The molecule has 1 heterocycles. The number of carbonyl (C=O) groups excluding carboxylic acids is 2. The number of carbonyl (C=O) groups is 2. The van der Waals surface area contributed by atoms with Crippen LogP contribution in [0.4, 0.5) is 17.6 Å². The van der Waals surface area contributed by atoms with E-state index in [2.05, 4.69) is 4.98 Å². The number of aromatic nitrogens is 1. The third-order valence-corrected chi connectivity index (χ3v) is 4.98. The lowest BCUT2D eigenvalue weighted by Gasteiger charge is -2.22. The van der Waals surface area contributed by atoms with E-state index >= 15 is 0 Å². The number of nitrogens with one attached hydrogen (secondary N) is 2. The van der Waals surface area contributed by atoms with Crippen molar-refractivity contribution in [3.05, 3.63) is 68.0 Å². The fourth-order valence-corrected chi connectivity index (χ4v) is 3.48. The molecule has 3 rings (SSSR count). The van der Waals surface area contributed by atoms with E-state index in [9.17, 15) is 32.3 Å². The summed E-state index contributed by atoms with van der Waals surface area (Å²) in [5.74, 6) is -3.82. The van der Waals surface area contributed by atoms with E-state index in [0.717, 1.165) is 12.1 Å². The molecule has 0 saturated carbocycles. The summed E-state index contributed by atoms with van der Waals surface area (Å²) in [4.78, 5) is 26.0. The van der Waals surface area contributed by atoms with Crippen molar-refractivity contribution in [2.24, 2.45) is 0 Å². The quantitative estimate of drug-likeness (QED) is 0.419. The van der Waals surface area contributed by atoms with Gasteiger partial charge in [0.25, 0.3) is 5.91 Å². The van der Waals surface area contributed by atoms with Crippen LogP contribution >= 0.6 is 34.8 Å². The van der Waals surface area contributed by atoms with Gasteiger partial charge < -0.3 is 20.2 Å². The molecule has 30 heavy (non-hydrogen) atoms. The molecule has 0 aliphatic rings. The van der Waals surface area contributed by atoms with Gasteiger partial charge in [-0.25, -0.2) is 4.39 Å². The minimum atomic E-state index is -4.96. The largest absolute Gasteiger partial charge is 0.545 e. The van der Waals surface area contributed by atoms with Crippen LogP contribution in [0.25, 0.3) is 10.9 Å². The smallest absolute Gasteiger partial charge is 0.412 e. The maximum atomic E-state index is 13.6. The zero-order chi connectivity index (χ0) is 22.4. The zero-order valence-corrected chi connectivity index (χ0v) is 16.6. The Hall–Kier alpha value is -2.49. The molecule has 0 aliphatic heterocycles. The Bertz CT molecular complexity index is 1150. The molecule has 1 atom stereocenters. The molecule has 2 N–H and O–H groups in total. The number of rotatable bonds is 4. The SMILES string of the molecule is O=C(NC(c1cc(Cl)c(F)c(Cl)c1)C(F)(F)F)c1cc2cc(C(=O)[O-])c(Cl)cc2[nH]1. The standard InChI is InChI=1S/C18H9Cl3F4N2O3/c19-9-5-12-6(1-8(9)17(29)30)4-13(26-12)16(28)27-15(18(23,24)25)7-2-10(20)14(22)11(21)3-7/h1-5,15,26H,(H,27,28)(H,29,30)/p-1. The Balaban J connectivity index is 1.98. The molecule has 2 aromatic carbocycles. The molecule has 5 nitrogen and oxygen atoms in total. The summed E-state index contributed by atoms with van der Waals surface area (Å²) in [6.45, 7) is 0. The van der Waals surface area contributed by atoms with Gasteiger partial charge in [0.05, 0.1) is 21.0 Å². The van der Waals surface area contributed by atoms with E-state index in [1.165, 1.54) is 6.07 Å². The van der Waals surface area contributed by atoms with Gasteiger partial charge in [-0.1, -0.05) is 34.8 Å². The van der Waals surface area contributed by atoms with Gasteiger partial charge in [-0.2, -0.15) is 13.2 Å². The van der Waals surface area contributed by atoms with Crippen LogP contribution < -0.4 is 10.4 Å². The van der Waals surface area contributed by atoms with Crippen LogP contribution in [0.3, 0.4) is 0 Å². The Morgan fingerprint density at radius 3 is 2.13 bits per heavy atom. The van der Waals surface area contributed by atoms with Gasteiger partial charge in [0, 0.05) is 16.5 Å². The van der Waals surface area contributed by atoms with Crippen molar-refractivity contribution >= 4 is 57.6 Å². The van der Waals surface area contributed by atoms with Crippen LogP contribution in [0.5, 0.6) is 0 Å². The number of H-pyrrole nitrogens is 1. The maximum Gasteiger partial charge on any atom is 0.412 e. The lowest BCUT2D eigenvalue weighted by molar-refractivity contribution is -0.255. The molecular weight excluding hydrogens is 475 g/mol. The van der Waals surface area contributed by atoms with Gasteiger partial charge in [0.15, 0.2) is 11.9 Å². The van der Waals surface area contributed by atoms with E-state index in [-0.39, 0.29) is 27.2 Å². The van der Waals surface area contributed by atoms with Gasteiger partial charge in [0.2, 0.25) is 0 Å². The third kappa shape index (κ3) is 4.33. The number of halogens is 7. The molecule has 12 heteroatoms. The molecule has 0 radical (unpaired) electrons. The highest BCUT2D eigenvalue weighted by Gasteiger charge is 2.42. The fraction of sp³-hybridized carbons (Fsp3) is 0.111. The number of alkyl halides is 3. The first kappa shape index (κ1) is 22.2. The van der Waals surface area contributed by atoms with Gasteiger partial charge in [-0.15, -0.1) is 0 Å². The average Bonchev–Trinajstić information content (AvgIpc) is 3.04. The summed E-state index contributed by atoms with van der Waals surface area (Å²) in [5, 5.41) is 11.6. The maximum absolute atomic E-state index is 13.6. The van der Waals surface area contributed by atoms with Crippen molar-refractivity contribution in [3.63, 3.8) is 0 Å². The number of carboxylic acids is 1. The first-order valence-corrected chi connectivity index (χ1v) is 9.07. The summed E-state index contributed by atoms with van der Waals surface area (Å²) in [6, 6.07) is 2.32. The Morgan fingerprint density at radius 2 is 1.60 bits per heavy atom. The van der Waals surface area contributed by atoms with E-state index in [4.69, 9.17) is 34.8 Å². The number of fused-ring (bicyclic) bond motifs is 1. The average molecular weight is 483 g/mol. The lowest BCUT2D eigenvalue weighted by Crippen LogP contribution is -2.38. The Morgan fingerprint density at radius 1 is 1.00 bits per heavy atom. The predicted molar refractivity (Wildman–Crippen MR) is 100 cm³/mol. The Kier molecular flexibility index (Phi) is 5.90. The monoisotopic (exact) mass is 481 g/mol. The summed E-state index contributed by atoms with van der Waals surface area (Å²) in [6.07, 6.45) is -4.96. The topological polar surface area (TPSA) is 85.0 Å². The summed E-state index contributed by atoms with van der Waals surface area (Å²) in [7, 11) is 0. The number of hydrogen-bond donors (Lipinski definition) is 2. The molecule has 0 aliphatic carbocycles. The van der Waals surface area contributed by atoms with Crippen LogP contribution in [0, 0.1) is 5.82 Å². The minimum absolute atomic E-state index is 0.180. The molecule has 158 valence electrons. The number of carboxylic acid groups (broad SMARTS) is 1. The van der Waals surface area contributed by atoms with Crippen LogP contribution in [0.2, 0.25) is 15.1 Å². The highest BCUT2D eigenvalue weighted by atomic mass is 35.5. The number of benzene rings is 2. The van der Waals surface area contributed by atoms with E-state index in [0.29, 0.717) is 12.1 Å². The zero-order valence-electron chi connectivity index (χ0n) is 14.3. The second kappa shape index (κ2) is 7.98. The highest BCUT2D eigenvalue weighted by molar-refractivity contribution is 6.35. The van der Waals surface area contributed by atoms with Gasteiger partial charge >= 0.3 is 6.18 Å². The minimum Gasteiger partial charge on any atom is -0.545 e. The van der Waals surface area contributed by atoms with Crippen molar-refractivity contribution in [2.75, 3.05) is 0 Å². The van der Waals surface area contributed by atoms with Crippen LogP contribution in [-0.2, 0) is 0 Å². The van der Waals surface area contributed by atoms with Crippen molar-refractivity contribution in [1.82, 2.24) is 10.3 Å². The van der Waals surface area contributed by atoms with Gasteiger partial charge in [-0.05, 0) is 35.9 Å². The number of amides is 1. The second-order valence-electron chi connectivity index (χ2n) is 6.14. The van der Waals surface area contributed by atoms with Gasteiger partial charge in [-0.3, -0.25) is 4.79 Å². The van der Waals surface area contributed by atoms with Gasteiger partial charge in [0.1, 0.15) is 5.69 Å². The molecule has 3 aromatic rings. The molecule has 0 bridgehead atoms. The van der Waals surface area contributed by atoms with Crippen molar-refractivity contribution in [1.29, 1.82) is 0 Å². The van der Waals surface area contributed by atoms with Crippen LogP contribution in [0.15, 0.2) is 30.3 Å². The second-order valence-corrected chi connectivity index (χ2v) is 7.36. The first-order chi connectivity index (χ1) is 13.9. The molecule has 0 saturated heterocycles. The van der Waals surface area contributed by atoms with Crippen molar-refractivity contribution < 1.29 is 32.3 Å². The third-order valence-electron chi connectivity index (χ3n) is 4.12. The predicted octanol–water partition coefficient (Wildman–Crippen LogP) is 4.66. The normalized spacial score (nSPS) is 12.8. The first-order valence-electron chi connectivity index (χ1n) is 7.94. The molecular formula is C18H8Cl3F4N2O3-. The summed E-state index contributed by atoms with van der Waals surface area (Å²) < 4.78 is 54.2. The van der Waals surface area contributed by atoms with Crippen LogP contribution in [-0.4, -0.2) is 23.0 Å². The highest BCUT2D eigenvalue weighted by Crippen LogP contribution is 2.36. The van der Waals surface area contributed by atoms with Crippen molar-refractivity contribution in [2.45, 2.75) is 12.2 Å². The molecule has 1 unspecified atom stereocenters. The molecule has 1 aromatic heterocycles. The number of aromatic amines is 1. The van der Waals surface area contributed by atoms with Crippen molar-refractivity contribution in [3.8, 4) is 0 Å². The number of hydrogen-bond acceptors (Lipinski definition) is 3. The lowest BCUT2D eigenvalue weighted by atomic mass is 10.1. The summed E-state index contributed by atoms with van der Waals surface area (Å²) >= 11 is 16.9. The fourth-order valence-electron chi connectivity index (χ4n) is 2.74. The van der Waals surface area contributed by atoms with E-state index < -0.39 is 45.5 Å². The molecule has 0 fully saturated rings. The Labute approximate surface area is 180 Å². The summed E-state index contributed by atoms with van der Waals surface area (Å²) in [5.41, 5.74) is -1.01. The van der Waals surface area contributed by atoms with Crippen LogP contribution in [0.1, 0.15) is 32.5 Å². The molecule has 1 amide bonds. The van der Waals surface area contributed by atoms with E-state index in [1.807, 2.05) is 0 Å².